The number of rotatable bonds is 7. The van der Waals surface area contributed by atoms with E-state index in [2.05, 4.69) is 22.8 Å². The maximum atomic E-state index is 11.0. The van der Waals surface area contributed by atoms with Crippen LogP contribution in [0.3, 0.4) is 0 Å². The molecule has 0 unspecified atom stereocenters. The lowest BCUT2D eigenvalue weighted by molar-refractivity contribution is -0.114. The molecular weight excluding hydrogens is 324 g/mol. The fraction of sp³-hybridized carbons (Fsp3) is 0.409. The van der Waals surface area contributed by atoms with Crippen LogP contribution in [-0.4, -0.2) is 18.5 Å². The van der Waals surface area contributed by atoms with Crippen LogP contribution in [0.5, 0.6) is 11.5 Å². The molecule has 0 radical (unpaired) electrons. The Bertz CT molecular complexity index is 689. The average Bonchev–Trinajstić information content (AvgIpc) is 2.65. The van der Waals surface area contributed by atoms with E-state index in [0.717, 1.165) is 30.2 Å². The van der Waals surface area contributed by atoms with E-state index in [0.29, 0.717) is 6.04 Å². The summed E-state index contributed by atoms with van der Waals surface area (Å²) in [6.45, 7) is 2.53. The summed E-state index contributed by atoms with van der Waals surface area (Å²) < 4.78 is 5.86. The molecule has 1 fully saturated rings. The summed E-state index contributed by atoms with van der Waals surface area (Å²) in [4.78, 5) is 11.0. The predicted molar refractivity (Wildman–Crippen MR) is 106 cm³/mol. The minimum Gasteiger partial charge on any atom is -0.457 e. The maximum Gasteiger partial charge on any atom is 0.221 e. The number of carbonyl (C=O) groups is 1. The van der Waals surface area contributed by atoms with Crippen molar-refractivity contribution in [3.63, 3.8) is 0 Å². The van der Waals surface area contributed by atoms with Gasteiger partial charge in [0.25, 0.3) is 0 Å². The van der Waals surface area contributed by atoms with Crippen molar-refractivity contribution in [1.82, 2.24) is 5.32 Å². The van der Waals surface area contributed by atoms with Gasteiger partial charge in [-0.2, -0.15) is 0 Å². The molecule has 4 heteroatoms. The summed E-state index contributed by atoms with van der Waals surface area (Å²) in [5.74, 6) is 1.50. The summed E-state index contributed by atoms with van der Waals surface area (Å²) in [7, 11) is 0. The summed E-state index contributed by atoms with van der Waals surface area (Å²) in [6.07, 6.45) is 7.84. The minimum absolute atomic E-state index is 0.0766. The van der Waals surface area contributed by atoms with E-state index >= 15 is 0 Å². The number of ether oxygens (including phenoxy) is 1. The molecule has 1 aliphatic carbocycles. The number of anilines is 1. The van der Waals surface area contributed by atoms with Crippen molar-refractivity contribution in [2.24, 2.45) is 0 Å². The van der Waals surface area contributed by atoms with Gasteiger partial charge in [-0.1, -0.05) is 31.4 Å². The Hall–Kier alpha value is -2.33. The fourth-order valence-corrected chi connectivity index (χ4v) is 3.40. The van der Waals surface area contributed by atoms with Crippen LogP contribution in [0.15, 0.2) is 48.5 Å². The monoisotopic (exact) mass is 352 g/mol. The van der Waals surface area contributed by atoms with Gasteiger partial charge < -0.3 is 15.4 Å². The van der Waals surface area contributed by atoms with Crippen molar-refractivity contribution in [1.29, 1.82) is 0 Å². The van der Waals surface area contributed by atoms with Crippen LogP contribution in [0.25, 0.3) is 0 Å². The molecule has 0 atom stereocenters. The minimum atomic E-state index is -0.0766. The highest BCUT2D eigenvalue weighted by Gasteiger charge is 2.11. The van der Waals surface area contributed by atoms with Crippen LogP contribution in [0.2, 0.25) is 0 Å². The second-order valence-electron chi connectivity index (χ2n) is 6.99. The standard InChI is InChI=1S/C22H28N2O2/c1-17(25)24-20-9-13-22(14-10-20)26-21-11-7-18(8-12-21)15-16-23-19-5-3-2-4-6-19/h7-14,19,23H,2-6,15-16H2,1H3,(H,24,25). The van der Waals surface area contributed by atoms with Crippen molar-refractivity contribution < 1.29 is 9.53 Å². The van der Waals surface area contributed by atoms with Crippen molar-refractivity contribution >= 4 is 11.6 Å². The van der Waals surface area contributed by atoms with Crippen LogP contribution < -0.4 is 15.4 Å². The first kappa shape index (κ1) is 18.5. The lowest BCUT2D eigenvalue weighted by atomic mass is 9.95. The third-order valence-corrected chi connectivity index (χ3v) is 4.79. The van der Waals surface area contributed by atoms with Gasteiger partial charge in [0.15, 0.2) is 0 Å². The van der Waals surface area contributed by atoms with Crippen molar-refractivity contribution in [2.75, 3.05) is 11.9 Å². The zero-order valence-corrected chi connectivity index (χ0v) is 15.5. The molecule has 2 aromatic carbocycles. The average molecular weight is 352 g/mol. The number of nitrogens with one attached hydrogen (secondary N) is 2. The number of hydrogen-bond donors (Lipinski definition) is 2. The zero-order valence-electron chi connectivity index (χ0n) is 15.5. The van der Waals surface area contributed by atoms with Gasteiger partial charge in [0.05, 0.1) is 0 Å². The molecule has 26 heavy (non-hydrogen) atoms. The molecule has 1 aliphatic rings. The van der Waals surface area contributed by atoms with Crippen LogP contribution in [0, 0.1) is 0 Å². The molecule has 0 saturated heterocycles. The van der Waals surface area contributed by atoms with Crippen molar-refractivity contribution in [3.05, 3.63) is 54.1 Å². The van der Waals surface area contributed by atoms with Crippen LogP contribution >= 0.6 is 0 Å². The number of hydrogen-bond acceptors (Lipinski definition) is 3. The molecule has 0 heterocycles. The summed E-state index contributed by atoms with van der Waals surface area (Å²) >= 11 is 0. The SMILES string of the molecule is CC(=O)Nc1ccc(Oc2ccc(CCNC3CCCCC3)cc2)cc1. The molecule has 0 spiro atoms. The quantitative estimate of drug-likeness (QED) is 0.745. The normalized spacial score (nSPS) is 14.8. The second kappa shape index (κ2) is 9.39. The predicted octanol–water partition coefficient (Wildman–Crippen LogP) is 4.90. The summed E-state index contributed by atoms with van der Waals surface area (Å²) in [5.41, 5.74) is 2.09. The van der Waals surface area contributed by atoms with Gasteiger partial charge in [-0.05, 0) is 67.8 Å². The maximum absolute atomic E-state index is 11.0. The molecular formula is C22H28N2O2. The van der Waals surface area contributed by atoms with E-state index in [4.69, 9.17) is 4.74 Å². The Morgan fingerprint density at radius 1 is 0.962 bits per heavy atom. The Labute approximate surface area is 156 Å². The van der Waals surface area contributed by atoms with Crippen LogP contribution in [0.1, 0.15) is 44.6 Å². The summed E-state index contributed by atoms with van der Waals surface area (Å²) in [5, 5.41) is 6.43. The third kappa shape index (κ3) is 5.88. The van der Waals surface area contributed by atoms with Gasteiger partial charge >= 0.3 is 0 Å². The van der Waals surface area contributed by atoms with Crippen molar-refractivity contribution in [2.45, 2.75) is 51.5 Å². The zero-order chi connectivity index (χ0) is 18.2. The highest BCUT2D eigenvalue weighted by atomic mass is 16.5. The molecule has 0 aromatic heterocycles. The van der Waals surface area contributed by atoms with E-state index < -0.39 is 0 Å². The Morgan fingerprint density at radius 2 is 1.58 bits per heavy atom. The first-order valence-electron chi connectivity index (χ1n) is 9.57. The second-order valence-corrected chi connectivity index (χ2v) is 6.99. The fourth-order valence-electron chi connectivity index (χ4n) is 3.40. The van der Waals surface area contributed by atoms with Crippen LogP contribution in [-0.2, 0) is 11.2 Å². The van der Waals surface area contributed by atoms with Gasteiger partial charge in [0.2, 0.25) is 5.91 Å². The first-order chi connectivity index (χ1) is 12.7. The van der Waals surface area contributed by atoms with E-state index in [9.17, 15) is 4.79 Å². The van der Waals surface area contributed by atoms with Crippen molar-refractivity contribution in [3.8, 4) is 11.5 Å². The topological polar surface area (TPSA) is 50.4 Å². The Morgan fingerprint density at radius 3 is 2.19 bits per heavy atom. The van der Waals surface area contributed by atoms with E-state index in [1.54, 1.807) is 0 Å². The van der Waals surface area contributed by atoms with E-state index in [1.165, 1.54) is 44.6 Å². The highest BCUT2D eigenvalue weighted by Crippen LogP contribution is 2.23. The molecule has 4 nitrogen and oxygen atoms in total. The molecule has 1 amide bonds. The smallest absolute Gasteiger partial charge is 0.221 e. The van der Waals surface area contributed by atoms with E-state index in [1.807, 2.05) is 36.4 Å². The lowest BCUT2D eigenvalue weighted by Crippen LogP contribution is -2.32. The van der Waals surface area contributed by atoms with Gasteiger partial charge in [-0.25, -0.2) is 0 Å². The number of carbonyl (C=O) groups excluding carboxylic acids is 1. The molecule has 0 bridgehead atoms. The van der Waals surface area contributed by atoms with Gasteiger partial charge in [0.1, 0.15) is 11.5 Å². The van der Waals surface area contributed by atoms with Crippen LogP contribution in [0.4, 0.5) is 5.69 Å². The lowest BCUT2D eigenvalue weighted by Gasteiger charge is -2.22. The van der Waals surface area contributed by atoms with Gasteiger partial charge in [0, 0.05) is 18.7 Å². The molecule has 2 aromatic rings. The molecule has 1 saturated carbocycles. The van der Waals surface area contributed by atoms with E-state index in [-0.39, 0.29) is 5.91 Å². The Balaban J connectivity index is 1.45. The Kier molecular flexibility index (Phi) is 6.67. The third-order valence-electron chi connectivity index (χ3n) is 4.79. The molecule has 3 rings (SSSR count). The largest absolute Gasteiger partial charge is 0.457 e. The highest BCUT2D eigenvalue weighted by molar-refractivity contribution is 5.88. The molecule has 0 aliphatic heterocycles. The molecule has 138 valence electrons. The van der Waals surface area contributed by atoms with Gasteiger partial charge in [-0.3, -0.25) is 4.79 Å². The summed E-state index contributed by atoms with van der Waals surface area (Å²) in [6, 6.07) is 16.4. The molecule has 2 N–H and O–H groups in total. The number of benzene rings is 2. The first-order valence-corrected chi connectivity index (χ1v) is 9.57. The number of amides is 1. The van der Waals surface area contributed by atoms with Gasteiger partial charge in [-0.15, -0.1) is 0 Å².